The first-order valence-corrected chi connectivity index (χ1v) is 32.6. The number of hydrogen-bond donors (Lipinski definition) is 5. The van der Waals surface area contributed by atoms with Crippen molar-refractivity contribution in [2.75, 3.05) is 146 Å². The maximum atomic E-state index is 12.6. The fourth-order valence-electron chi connectivity index (χ4n) is 11.1. The van der Waals surface area contributed by atoms with Crippen LogP contribution in [0.1, 0.15) is 118 Å². The standard InChI is InChI=1S/C24H29N7O3S.C20H27N5O2S.C19H27N5O3/c1-16(32)20-14-19-21(35-20)22(29-15-28-19)31-11-9-30(10-12-31)8-7-27-24(34)18-4-2-3-17(13-18)23(33)26-6-5-25;1-14(26)17-12-16-18(28-17)19(23-13-22-16)25-10-8-24(9-11-25)7-6-21-20(27)15-4-2-3-5-15;1-13(25)15-11-14-16(27-15)17(22-12-21-14)24-9-7-23(8-10-24)6-5-20-18(26)19(2,3)4/h2-4,13-15H,5-12,25H2,1H3,(H,26,33)(H,27,34);12-13,15H,2-11H2,1H3,(H,21,27);11-12H,5-10H2,1-4H3,(H,20,26). The molecular weight excluding hydrogens is 1190 g/mol. The Bertz CT molecular complexity index is 3650. The zero-order valence-corrected chi connectivity index (χ0v) is 54.0. The van der Waals surface area contributed by atoms with Crippen molar-refractivity contribution in [1.29, 1.82) is 0 Å². The fraction of sp³-hybridized carbons (Fsp3) is 0.508. The van der Waals surface area contributed by atoms with Crippen LogP contribution in [0.15, 0.2) is 65.9 Å². The van der Waals surface area contributed by atoms with Crippen molar-refractivity contribution in [1.82, 2.24) is 65.9 Å². The van der Waals surface area contributed by atoms with Gasteiger partial charge in [0.2, 0.25) is 11.8 Å². The van der Waals surface area contributed by atoms with E-state index in [-0.39, 0.29) is 52.3 Å². The first-order chi connectivity index (χ1) is 43.3. The molecule has 0 bridgehead atoms. The van der Waals surface area contributed by atoms with E-state index < -0.39 is 0 Å². The second kappa shape index (κ2) is 31.2. The summed E-state index contributed by atoms with van der Waals surface area (Å²) in [6.07, 6.45) is 9.11. The maximum absolute atomic E-state index is 12.6. The Kier molecular flexibility index (Phi) is 23.0. The third-order valence-electron chi connectivity index (χ3n) is 16.3. The minimum Gasteiger partial charge on any atom is -0.447 e. The van der Waals surface area contributed by atoms with Crippen molar-refractivity contribution in [3.8, 4) is 0 Å². The molecule has 0 radical (unpaired) electrons. The molecule has 1 saturated carbocycles. The lowest BCUT2D eigenvalue weighted by Gasteiger charge is -2.35. The Morgan fingerprint density at radius 2 is 0.967 bits per heavy atom. The van der Waals surface area contributed by atoms with Crippen LogP contribution in [0.25, 0.3) is 31.5 Å². The molecular formula is C63H83N17O8S2. The highest BCUT2D eigenvalue weighted by molar-refractivity contribution is 7.21. The topological polar surface area (TPSA) is 304 Å². The Hall–Kier alpha value is -7.95. The SMILES string of the molecule is CC(=O)c1cc2ncnc(N3CCN(CCNC(=O)C(C)(C)C)CC3)c2o1.CC(=O)c1cc2ncnc(N3CCN(CCNC(=O)C4CCCC4)CC3)c2s1.CC(=O)c1cc2ncnc(N3CCN(CCNC(=O)c4cccc(C(=O)NCCN)c4)CC3)c2s1. The Morgan fingerprint density at radius 1 is 0.533 bits per heavy atom. The van der Waals surface area contributed by atoms with Gasteiger partial charge in [0.25, 0.3) is 11.8 Å². The number of rotatable bonds is 20. The van der Waals surface area contributed by atoms with Crippen LogP contribution in [0, 0.1) is 11.3 Å². The zero-order chi connectivity index (χ0) is 63.9. The Morgan fingerprint density at radius 3 is 1.42 bits per heavy atom. The van der Waals surface area contributed by atoms with Gasteiger partial charge in [-0.05, 0) is 57.0 Å². The minimum atomic E-state index is -0.362. The summed E-state index contributed by atoms with van der Waals surface area (Å²) in [5.74, 6) is 2.90. The number of carbonyl (C=O) groups is 7. The van der Waals surface area contributed by atoms with E-state index in [4.69, 9.17) is 10.2 Å². The molecule has 4 aliphatic rings. The van der Waals surface area contributed by atoms with E-state index in [1.165, 1.54) is 48.8 Å². The van der Waals surface area contributed by atoms with Crippen LogP contribution in [0.5, 0.6) is 0 Å². The second-order valence-electron chi connectivity index (χ2n) is 23.9. The number of anilines is 3. The van der Waals surface area contributed by atoms with Crippen molar-refractivity contribution in [3.05, 3.63) is 88.1 Å². The van der Waals surface area contributed by atoms with Gasteiger partial charge in [-0.3, -0.25) is 48.3 Å². The van der Waals surface area contributed by atoms with Gasteiger partial charge in [-0.15, -0.1) is 22.7 Å². The molecule has 0 unspecified atom stereocenters. The predicted octanol–water partition coefficient (Wildman–Crippen LogP) is 5.17. The van der Waals surface area contributed by atoms with Crippen LogP contribution in [0.2, 0.25) is 0 Å². The average Bonchev–Trinajstić information content (AvgIpc) is 2.06. The number of nitrogens with one attached hydrogen (secondary N) is 4. The summed E-state index contributed by atoms with van der Waals surface area (Å²) < 4.78 is 7.62. The lowest BCUT2D eigenvalue weighted by molar-refractivity contribution is -0.128. The third kappa shape index (κ3) is 17.5. The van der Waals surface area contributed by atoms with Gasteiger partial charge < -0.3 is 46.1 Å². The van der Waals surface area contributed by atoms with Gasteiger partial charge in [0.15, 0.2) is 34.5 Å². The van der Waals surface area contributed by atoms with Crippen LogP contribution < -0.4 is 41.7 Å². The van der Waals surface area contributed by atoms with Gasteiger partial charge in [-0.25, -0.2) is 29.9 Å². The molecule has 9 heterocycles. The van der Waals surface area contributed by atoms with Gasteiger partial charge in [0.05, 0.1) is 30.2 Å². The zero-order valence-electron chi connectivity index (χ0n) is 52.3. The molecule has 480 valence electrons. The lowest BCUT2D eigenvalue weighted by atomic mass is 9.96. The molecule has 1 aliphatic carbocycles. The monoisotopic (exact) mass is 1270 g/mol. The second-order valence-corrected chi connectivity index (χ2v) is 26.0. The molecule has 4 amide bonds. The minimum absolute atomic E-state index is 0.0346. The Balaban J connectivity index is 0.000000162. The van der Waals surface area contributed by atoms with Crippen molar-refractivity contribution in [2.24, 2.45) is 17.1 Å². The molecule has 6 N–H and O–H groups in total. The van der Waals surface area contributed by atoms with Crippen LogP contribution in [-0.2, 0) is 9.59 Å². The number of piperazine rings is 3. The highest BCUT2D eigenvalue weighted by Gasteiger charge is 2.28. The van der Waals surface area contributed by atoms with Crippen molar-refractivity contribution >= 4 is 113 Å². The smallest absolute Gasteiger partial charge is 0.251 e. The summed E-state index contributed by atoms with van der Waals surface area (Å²) in [5, 5.41) is 11.7. The van der Waals surface area contributed by atoms with Crippen molar-refractivity contribution in [3.63, 3.8) is 0 Å². The van der Waals surface area contributed by atoms with Gasteiger partial charge in [0, 0.05) is 166 Å². The number of amides is 4. The largest absolute Gasteiger partial charge is 0.447 e. The Labute approximate surface area is 531 Å². The summed E-state index contributed by atoms with van der Waals surface area (Å²) in [4.78, 5) is 125. The molecule has 25 nitrogen and oxygen atoms in total. The van der Waals surface area contributed by atoms with Crippen LogP contribution in [0.3, 0.4) is 0 Å². The summed E-state index contributed by atoms with van der Waals surface area (Å²) in [5.41, 5.74) is 8.80. The first kappa shape index (κ1) is 66.5. The highest BCUT2D eigenvalue weighted by atomic mass is 32.1. The van der Waals surface area contributed by atoms with Crippen LogP contribution in [-0.4, -0.2) is 216 Å². The predicted molar refractivity (Wildman–Crippen MR) is 350 cm³/mol. The van der Waals surface area contributed by atoms with Gasteiger partial charge in [-0.1, -0.05) is 39.7 Å². The number of nitrogens with zero attached hydrogens (tertiary/aromatic N) is 12. The van der Waals surface area contributed by atoms with Crippen LogP contribution in [0.4, 0.5) is 17.5 Å². The fourth-order valence-corrected chi connectivity index (χ4v) is 13.1. The number of aromatic nitrogens is 6. The molecule has 1 aromatic carbocycles. The van der Waals surface area contributed by atoms with E-state index >= 15 is 0 Å². The number of thiophene rings is 2. The normalized spacial score (nSPS) is 16.1. The van der Waals surface area contributed by atoms with E-state index in [1.807, 2.05) is 32.9 Å². The number of Topliss-reactive ketones (excluding diaryl/α,β-unsaturated/α-hetero) is 3. The molecule has 7 aromatic rings. The number of carbonyl (C=O) groups excluding carboxylic acids is 7. The molecule has 3 aliphatic heterocycles. The van der Waals surface area contributed by atoms with E-state index in [9.17, 15) is 33.6 Å². The number of hydrogen-bond acceptors (Lipinski definition) is 23. The maximum Gasteiger partial charge on any atom is 0.251 e. The molecule has 4 fully saturated rings. The average molecular weight is 1270 g/mol. The van der Waals surface area contributed by atoms with Gasteiger partial charge in [0.1, 0.15) is 36.1 Å². The first-order valence-electron chi connectivity index (χ1n) is 30.9. The van der Waals surface area contributed by atoms with E-state index in [1.54, 1.807) is 56.8 Å². The molecule has 11 rings (SSSR count). The summed E-state index contributed by atoms with van der Waals surface area (Å²) in [6, 6.07) is 12.0. The molecule has 27 heteroatoms. The van der Waals surface area contributed by atoms with Gasteiger partial charge >= 0.3 is 0 Å². The number of nitrogens with two attached hydrogens (primary N) is 1. The van der Waals surface area contributed by atoms with Crippen LogP contribution >= 0.6 is 22.7 Å². The summed E-state index contributed by atoms with van der Waals surface area (Å²) >= 11 is 2.92. The van der Waals surface area contributed by atoms with E-state index in [0.29, 0.717) is 59.0 Å². The van der Waals surface area contributed by atoms with Gasteiger partial charge in [-0.2, -0.15) is 0 Å². The number of benzene rings is 1. The molecule has 6 aromatic heterocycles. The molecule has 3 saturated heterocycles. The number of ketones is 3. The quantitative estimate of drug-likeness (QED) is 0.0615. The number of furan rings is 1. The van der Waals surface area contributed by atoms with E-state index in [2.05, 4.69) is 80.6 Å². The van der Waals surface area contributed by atoms with E-state index in [0.717, 1.165) is 160 Å². The lowest BCUT2D eigenvalue weighted by Crippen LogP contribution is -2.49. The third-order valence-corrected chi connectivity index (χ3v) is 18.8. The van der Waals surface area contributed by atoms with Crippen molar-refractivity contribution in [2.45, 2.75) is 67.2 Å². The van der Waals surface area contributed by atoms with Crippen molar-refractivity contribution < 1.29 is 38.0 Å². The highest BCUT2D eigenvalue weighted by Crippen LogP contribution is 2.34. The molecule has 0 spiro atoms. The molecule has 90 heavy (non-hydrogen) atoms. The number of fused-ring (bicyclic) bond motifs is 3. The molecule has 0 atom stereocenters. The summed E-state index contributed by atoms with van der Waals surface area (Å²) in [6.45, 7) is 25.7. The summed E-state index contributed by atoms with van der Waals surface area (Å²) in [7, 11) is 0.